The van der Waals surface area contributed by atoms with Crippen molar-refractivity contribution < 1.29 is 23.0 Å². The Morgan fingerprint density at radius 1 is 1.32 bits per heavy atom. The quantitative estimate of drug-likeness (QED) is 0.891. The Balaban J connectivity index is 2.09. The van der Waals surface area contributed by atoms with Crippen molar-refractivity contribution in [3.05, 3.63) is 29.8 Å². The monoisotopic (exact) mass is 275 g/mol. The molecule has 2 N–H and O–H groups in total. The van der Waals surface area contributed by atoms with E-state index in [0.717, 1.165) is 25.8 Å². The zero-order valence-electron chi connectivity index (χ0n) is 10.3. The zero-order valence-corrected chi connectivity index (χ0v) is 10.3. The van der Waals surface area contributed by atoms with Gasteiger partial charge in [-0.15, -0.1) is 13.2 Å². The second-order valence-electron chi connectivity index (χ2n) is 4.62. The lowest BCUT2D eigenvalue weighted by Gasteiger charge is -2.28. The van der Waals surface area contributed by atoms with Gasteiger partial charge in [-0.3, -0.25) is 0 Å². The lowest BCUT2D eigenvalue weighted by molar-refractivity contribution is -0.274. The van der Waals surface area contributed by atoms with Gasteiger partial charge in [0.15, 0.2) is 0 Å². The molecule has 6 heteroatoms. The molecule has 0 bridgehead atoms. The minimum absolute atomic E-state index is 0.116. The maximum Gasteiger partial charge on any atom is 0.573 e. The summed E-state index contributed by atoms with van der Waals surface area (Å²) in [6.07, 6.45) is -2.66. The maximum absolute atomic E-state index is 12.1. The molecule has 106 valence electrons. The number of halogens is 3. The first-order valence-corrected chi connectivity index (χ1v) is 6.23. The molecule has 1 aliphatic heterocycles. The molecule has 1 aliphatic rings. The summed E-state index contributed by atoms with van der Waals surface area (Å²) >= 11 is 0. The van der Waals surface area contributed by atoms with Crippen LogP contribution in [0, 0.1) is 0 Å². The number of ether oxygens (including phenoxy) is 1. The van der Waals surface area contributed by atoms with Gasteiger partial charge in [0, 0.05) is 6.04 Å². The molecule has 0 saturated carbocycles. The third-order valence-corrected chi connectivity index (χ3v) is 3.16. The second-order valence-corrected chi connectivity index (χ2v) is 4.62. The molecular weight excluding hydrogens is 259 g/mol. The van der Waals surface area contributed by atoms with Gasteiger partial charge in [-0.1, -0.05) is 18.6 Å². The van der Waals surface area contributed by atoms with Gasteiger partial charge in [-0.05, 0) is 37.1 Å². The van der Waals surface area contributed by atoms with E-state index in [1.54, 1.807) is 6.07 Å². The summed E-state index contributed by atoms with van der Waals surface area (Å²) in [6, 6.07) is 5.38. The van der Waals surface area contributed by atoms with Gasteiger partial charge < -0.3 is 15.2 Å². The second kappa shape index (κ2) is 5.79. The van der Waals surface area contributed by atoms with Crippen LogP contribution in [0.1, 0.15) is 30.9 Å². The summed E-state index contributed by atoms with van der Waals surface area (Å²) in [4.78, 5) is 0. The average Bonchev–Trinajstić information content (AvgIpc) is 2.37. The fraction of sp³-hybridized carbons (Fsp3) is 0.538. The van der Waals surface area contributed by atoms with Gasteiger partial charge in [0.1, 0.15) is 5.75 Å². The number of hydrogen-bond acceptors (Lipinski definition) is 3. The molecule has 0 aromatic heterocycles. The van der Waals surface area contributed by atoms with Crippen molar-refractivity contribution in [1.82, 2.24) is 5.32 Å². The highest BCUT2D eigenvalue weighted by atomic mass is 19.4. The van der Waals surface area contributed by atoms with Crippen LogP contribution in [0.4, 0.5) is 13.2 Å². The van der Waals surface area contributed by atoms with E-state index in [2.05, 4.69) is 10.1 Å². The van der Waals surface area contributed by atoms with Crippen LogP contribution in [0.3, 0.4) is 0 Å². The molecule has 19 heavy (non-hydrogen) atoms. The van der Waals surface area contributed by atoms with Crippen LogP contribution in [0.15, 0.2) is 24.3 Å². The van der Waals surface area contributed by atoms with Crippen molar-refractivity contribution in [2.24, 2.45) is 0 Å². The van der Waals surface area contributed by atoms with Crippen molar-refractivity contribution in [1.29, 1.82) is 0 Å². The zero-order chi connectivity index (χ0) is 13.9. The average molecular weight is 275 g/mol. The van der Waals surface area contributed by atoms with E-state index in [1.165, 1.54) is 18.2 Å². The number of piperidine rings is 1. The van der Waals surface area contributed by atoms with Crippen molar-refractivity contribution in [3.8, 4) is 5.75 Å². The minimum Gasteiger partial charge on any atom is -0.406 e. The number of aliphatic hydroxyl groups is 1. The Morgan fingerprint density at radius 3 is 2.74 bits per heavy atom. The molecule has 0 radical (unpaired) electrons. The third-order valence-electron chi connectivity index (χ3n) is 3.16. The molecule has 3 nitrogen and oxygen atoms in total. The Bertz CT molecular complexity index is 417. The molecule has 1 heterocycles. The highest BCUT2D eigenvalue weighted by Crippen LogP contribution is 2.28. The molecule has 2 unspecified atom stereocenters. The summed E-state index contributed by atoms with van der Waals surface area (Å²) in [5, 5.41) is 13.3. The first-order chi connectivity index (χ1) is 8.96. The van der Waals surface area contributed by atoms with Gasteiger partial charge in [-0.25, -0.2) is 0 Å². The smallest absolute Gasteiger partial charge is 0.406 e. The fourth-order valence-corrected chi connectivity index (χ4v) is 2.28. The third kappa shape index (κ3) is 4.11. The van der Waals surface area contributed by atoms with Crippen LogP contribution < -0.4 is 10.1 Å². The van der Waals surface area contributed by atoms with E-state index < -0.39 is 12.5 Å². The SMILES string of the molecule is OC(c1cccc(OC(F)(F)F)c1)C1CCCCN1. The van der Waals surface area contributed by atoms with E-state index in [4.69, 9.17) is 0 Å². The number of rotatable bonds is 3. The molecule has 1 fully saturated rings. The van der Waals surface area contributed by atoms with E-state index in [9.17, 15) is 18.3 Å². The molecular formula is C13H16F3NO2. The standard InChI is InChI=1S/C13H16F3NO2/c14-13(15,16)19-10-5-3-4-9(8-10)12(18)11-6-1-2-7-17-11/h3-5,8,11-12,17-18H,1-2,6-7H2. The molecule has 1 aromatic rings. The minimum atomic E-state index is -4.72. The molecule has 2 rings (SSSR count). The Morgan fingerprint density at radius 2 is 2.11 bits per heavy atom. The van der Waals surface area contributed by atoms with Crippen molar-refractivity contribution in [2.75, 3.05) is 6.54 Å². The van der Waals surface area contributed by atoms with E-state index in [-0.39, 0.29) is 11.8 Å². The lowest BCUT2D eigenvalue weighted by atomic mass is 9.95. The van der Waals surface area contributed by atoms with Crippen LogP contribution in [-0.2, 0) is 0 Å². The summed E-state index contributed by atoms with van der Waals surface area (Å²) in [5.41, 5.74) is 0.432. The highest BCUT2D eigenvalue weighted by molar-refractivity contribution is 5.30. The Kier molecular flexibility index (Phi) is 4.31. The maximum atomic E-state index is 12.1. The molecule has 1 aromatic carbocycles. The summed E-state index contributed by atoms with van der Waals surface area (Å²) in [6.45, 7) is 0.820. The molecule has 2 atom stereocenters. The van der Waals surface area contributed by atoms with Crippen LogP contribution >= 0.6 is 0 Å². The molecule has 0 aliphatic carbocycles. The van der Waals surface area contributed by atoms with Crippen LogP contribution in [0.2, 0.25) is 0 Å². The molecule has 0 amide bonds. The predicted molar refractivity (Wildman–Crippen MR) is 63.7 cm³/mol. The topological polar surface area (TPSA) is 41.5 Å². The van der Waals surface area contributed by atoms with Crippen molar-refractivity contribution in [3.63, 3.8) is 0 Å². The van der Waals surface area contributed by atoms with Gasteiger partial charge in [-0.2, -0.15) is 0 Å². The number of alkyl halides is 3. The van der Waals surface area contributed by atoms with Gasteiger partial charge in [0.2, 0.25) is 0 Å². The van der Waals surface area contributed by atoms with Crippen LogP contribution in [-0.4, -0.2) is 24.1 Å². The van der Waals surface area contributed by atoms with Crippen molar-refractivity contribution in [2.45, 2.75) is 37.8 Å². The predicted octanol–water partition coefficient (Wildman–Crippen LogP) is 2.76. The number of aliphatic hydroxyl groups excluding tert-OH is 1. The lowest BCUT2D eigenvalue weighted by Crippen LogP contribution is -2.38. The van der Waals surface area contributed by atoms with Crippen LogP contribution in [0.25, 0.3) is 0 Å². The Hall–Kier alpha value is -1.27. The van der Waals surface area contributed by atoms with Gasteiger partial charge in [0.05, 0.1) is 6.10 Å². The fourth-order valence-electron chi connectivity index (χ4n) is 2.28. The summed E-state index contributed by atoms with van der Waals surface area (Å²) < 4.78 is 40.2. The van der Waals surface area contributed by atoms with E-state index in [0.29, 0.717) is 5.56 Å². The first-order valence-electron chi connectivity index (χ1n) is 6.23. The van der Waals surface area contributed by atoms with E-state index in [1.807, 2.05) is 0 Å². The Labute approximate surface area is 109 Å². The summed E-state index contributed by atoms with van der Waals surface area (Å²) in [7, 11) is 0. The number of benzene rings is 1. The number of nitrogens with one attached hydrogen (secondary N) is 1. The molecule has 0 spiro atoms. The largest absolute Gasteiger partial charge is 0.573 e. The molecule has 1 saturated heterocycles. The number of hydrogen-bond donors (Lipinski definition) is 2. The van der Waals surface area contributed by atoms with Gasteiger partial charge in [0.25, 0.3) is 0 Å². The highest BCUT2D eigenvalue weighted by Gasteiger charge is 2.31. The van der Waals surface area contributed by atoms with E-state index >= 15 is 0 Å². The normalized spacial score (nSPS) is 22.0. The van der Waals surface area contributed by atoms with Crippen LogP contribution in [0.5, 0.6) is 5.75 Å². The summed E-state index contributed by atoms with van der Waals surface area (Å²) in [5.74, 6) is -0.306. The first kappa shape index (κ1) is 14.1. The van der Waals surface area contributed by atoms with Gasteiger partial charge >= 0.3 is 6.36 Å². The van der Waals surface area contributed by atoms with Crippen molar-refractivity contribution >= 4 is 0 Å².